The number of aromatic nitrogens is 3. The Hall–Kier alpha value is -2.50. The number of aryl methyl sites for hydroxylation is 1. The predicted molar refractivity (Wildman–Crippen MR) is 76.6 cm³/mol. The highest BCUT2D eigenvalue weighted by Gasteiger charge is 2.13. The maximum atomic E-state index is 11.1. The van der Waals surface area contributed by atoms with Crippen molar-refractivity contribution >= 4 is 5.97 Å². The van der Waals surface area contributed by atoms with Gasteiger partial charge < -0.3 is 9.84 Å². The molecule has 2 aromatic heterocycles. The minimum absolute atomic E-state index is 0.174. The van der Waals surface area contributed by atoms with E-state index < -0.39 is 5.97 Å². The first-order valence-corrected chi connectivity index (χ1v) is 6.71. The second-order valence-corrected chi connectivity index (χ2v) is 4.59. The highest BCUT2D eigenvalue weighted by atomic mass is 16.5. The summed E-state index contributed by atoms with van der Waals surface area (Å²) in [5.41, 5.74) is 1.70. The quantitative estimate of drug-likeness (QED) is 0.876. The Labute approximate surface area is 122 Å². The van der Waals surface area contributed by atoms with E-state index in [1.54, 1.807) is 19.4 Å². The maximum Gasteiger partial charge on any atom is 0.339 e. The van der Waals surface area contributed by atoms with Crippen molar-refractivity contribution in [3.8, 4) is 5.88 Å². The van der Waals surface area contributed by atoms with Crippen molar-refractivity contribution in [3.63, 3.8) is 0 Å². The van der Waals surface area contributed by atoms with Gasteiger partial charge in [0.15, 0.2) is 0 Å². The standard InChI is InChI=1S/C15H17N3O3/c1-3-4-12-11(15(19)20)9-16-13(18-12)7-10-5-6-14(21-2)17-8-10/h5-6,8-9H,3-4,7H2,1-2H3,(H,19,20). The Morgan fingerprint density at radius 1 is 1.29 bits per heavy atom. The largest absolute Gasteiger partial charge is 0.481 e. The summed E-state index contributed by atoms with van der Waals surface area (Å²) in [5.74, 6) is 0.152. The van der Waals surface area contributed by atoms with Gasteiger partial charge in [0.2, 0.25) is 5.88 Å². The molecule has 0 spiro atoms. The summed E-state index contributed by atoms with van der Waals surface area (Å²) in [7, 11) is 1.56. The third-order valence-corrected chi connectivity index (χ3v) is 3.00. The molecule has 2 rings (SSSR count). The first-order chi connectivity index (χ1) is 10.1. The number of carboxylic acids is 1. The number of rotatable bonds is 6. The topological polar surface area (TPSA) is 85.2 Å². The first-order valence-electron chi connectivity index (χ1n) is 6.71. The van der Waals surface area contributed by atoms with E-state index >= 15 is 0 Å². The zero-order chi connectivity index (χ0) is 15.2. The van der Waals surface area contributed by atoms with Crippen LogP contribution in [0, 0.1) is 0 Å². The zero-order valence-electron chi connectivity index (χ0n) is 12.0. The van der Waals surface area contributed by atoms with Crippen LogP contribution >= 0.6 is 0 Å². The molecule has 6 nitrogen and oxygen atoms in total. The molecule has 0 amide bonds. The van der Waals surface area contributed by atoms with Crippen LogP contribution in [0.5, 0.6) is 5.88 Å². The van der Waals surface area contributed by atoms with Crippen LogP contribution in [0.1, 0.15) is 40.8 Å². The fourth-order valence-electron chi connectivity index (χ4n) is 1.97. The number of carboxylic acid groups (broad SMARTS) is 1. The number of ether oxygens (including phenoxy) is 1. The molecule has 6 heteroatoms. The van der Waals surface area contributed by atoms with Crippen LogP contribution in [0.25, 0.3) is 0 Å². The lowest BCUT2D eigenvalue weighted by Crippen LogP contribution is -2.09. The fourth-order valence-corrected chi connectivity index (χ4v) is 1.97. The van der Waals surface area contributed by atoms with Crippen molar-refractivity contribution < 1.29 is 14.6 Å². The lowest BCUT2D eigenvalue weighted by molar-refractivity contribution is 0.0694. The Morgan fingerprint density at radius 2 is 2.10 bits per heavy atom. The van der Waals surface area contributed by atoms with Gasteiger partial charge in [-0.05, 0) is 12.0 Å². The van der Waals surface area contributed by atoms with Crippen LogP contribution in [0.4, 0.5) is 0 Å². The predicted octanol–water partition coefficient (Wildman–Crippen LogP) is 2.12. The van der Waals surface area contributed by atoms with Crippen molar-refractivity contribution in [1.82, 2.24) is 15.0 Å². The fraction of sp³-hybridized carbons (Fsp3) is 0.333. The number of carbonyl (C=O) groups is 1. The van der Waals surface area contributed by atoms with E-state index in [0.29, 0.717) is 30.2 Å². The smallest absolute Gasteiger partial charge is 0.339 e. The number of aromatic carboxylic acids is 1. The summed E-state index contributed by atoms with van der Waals surface area (Å²) >= 11 is 0. The molecular formula is C15H17N3O3. The molecule has 0 saturated heterocycles. The second kappa shape index (κ2) is 6.78. The summed E-state index contributed by atoms with van der Waals surface area (Å²) in [6, 6.07) is 3.66. The Balaban J connectivity index is 2.23. The van der Waals surface area contributed by atoms with E-state index in [-0.39, 0.29) is 5.56 Å². The van der Waals surface area contributed by atoms with Gasteiger partial charge in [-0.2, -0.15) is 0 Å². The maximum absolute atomic E-state index is 11.1. The SMILES string of the molecule is CCCc1nc(Cc2ccc(OC)nc2)ncc1C(=O)O. The molecule has 2 aromatic rings. The highest BCUT2D eigenvalue weighted by Crippen LogP contribution is 2.13. The van der Waals surface area contributed by atoms with Crippen molar-refractivity contribution in [2.75, 3.05) is 7.11 Å². The van der Waals surface area contributed by atoms with Gasteiger partial charge in [0.05, 0.1) is 18.4 Å². The van der Waals surface area contributed by atoms with Crippen LogP contribution in [-0.4, -0.2) is 33.1 Å². The molecule has 2 heterocycles. The van der Waals surface area contributed by atoms with E-state index in [2.05, 4.69) is 15.0 Å². The van der Waals surface area contributed by atoms with Crippen LogP contribution in [-0.2, 0) is 12.8 Å². The molecule has 0 atom stereocenters. The minimum atomic E-state index is -0.990. The van der Waals surface area contributed by atoms with E-state index in [0.717, 1.165) is 12.0 Å². The molecule has 0 fully saturated rings. The van der Waals surface area contributed by atoms with Gasteiger partial charge in [-0.3, -0.25) is 0 Å². The van der Waals surface area contributed by atoms with E-state index in [1.165, 1.54) is 6.20 Å². The van der Waals surface area contributed by atoms with Crippen molar-refractivity contribution in [2.45, 2.75) is 26.2 Å². The molecule has 0 aliphatic heterocycles. The highest BCUT2D eigenvalue weighted by molar-refractivity contribution is 5.88. The molecule has 0 aliphatic carbocycles. The molecule has 0 radical (unpaired) electrons. The average Bonchev–Trinajstić information content (AvgIpc) is 2.48. The number of hydrogen-bond acceptors (Lipinski definition) is 5. The third kappa shape index (κ3) is 3.75. The number of pyridine rings is 1. The Bertz CT molecular complexity index is 627. The van der Waals surface area contributed by atoms with Gasteiger partial charge in [-0.15, -0.1) is 0 Å². The van der Waals surface area contributed by atoms with Gasteiger partial charge in [0, 0.05) is 24.9 Å². The summed E-state index contributed by atoms with van der Waals surface area (Å²) in [6.07, 6.45) is 5.05. The molecule has 0 unspecified atom stereocenters. The lowest BCUT2D eigenvalue weighted by atomic mass is 10.1. The number of methoxy groups -OCH3 is 1. The van der Waals surface area contributed by atoms with Crippen LogP contribution in [0.2, 0.25) is 0 Å². The molecule has 1 N–H and O–H groups in total. The monoisotopic (exact) mass is 287 g/mol. The molecule has 0 bridgehead atoms. The van der Waals surface area contributed by atoms with E-state index in [4.69, 9.17) is 9.84 Å². The lowest BCUT2D eigenvalue weighted by Gasteiger charge is -2.07. The summed E-state index contributed by atoms with van der Waals surface area (Å²) < 4.78 is 5.00. The van der Waals surface area contributed by atoms with Crippen LogP contribution in [0.3, 0.4) is 0 Å². The first kappa shape index (κ1) is 14.9. The number of hydrogen-bond donors (Lipinski definition) is 1. The van der Waals surface area contributed by atoms with Crippen molar-refractivity contribution in [3.05, 3.63) is 47.2 Å². The Morgan fingerprint density at radius 3 is 2.67 bits per heavy atom. The van der Waals surface area contributed by atoms with Gasteiger partial charge in [0.25, 0.3) is 0 Å². The molecular weight excluding hydrogens is 270 g/mol. The molecule has 0 saturated carbocycles. The summed E-state index contributed by atoms with van der Waals surface area (Å²) in [5, 5.41) is 9.13. The van der Waals surface area contributed by atoms with Crippen LogP contribution < -0.4 is 4.74 Å². The summed E-state index contributed by atoms with van der Waals surface area (Å²) in [4.78, 5) is 23.8. The van der Waals surface area contributed by atoms with Crippen molar-refractivity contribution in [1.29, 1.82) is 0 Å². The van der Waals surface area contributed by atoms with Gasteiger partial charge in [-0.1, -0.05) is 19.4 Å². The normalized spacial score (nSPS) is 10.4. The second-order valence-electron chi connectivity index (χ2n) is 4.59. The van der Waals surface area contributed by atoms with E-state index in [1.807, 2.05) is 13.0 Å². The molecule has 21 heavy (non-hydrogen) atoms. The van der Waals surface area contributed by atoms with Crippen molar-refractivity contribution in [2.24, 2.45) is 0 Å². The molecule has 110 valence electrons. The van der Waals surface area contributed by atoms with Gasteiger partial charge in [-0.25, -0.2) is 19.7 Å². The van der Waals surface area contributed by atoms with Gasteiger partial charge >= 0.3 is 5.97 Å². The zero-order valence-corrected chi connectivity index (χ0v) is 12.0. The summed E-state index contributed by atoms with van der Waals surface area (Å²) in [6.45, 7) is 1.99. The molecule has 0 aliphatic rings. The third-order valence-electron chi connectivity index (χ3n) is 3.00. The van der Waals surface area contributed by atoms with Crippen LogP contribution in [0.15, 0.2) is 24.5 Å². The minimum Gasteiger partial charge on any atom is -0.481 e. The number of nitrogens with zero attached hydrogens (tertiary/aromatic N) is 3. The Kier molecular flexibility index (Phi) is 4.81. The molecule has 0 aromatic carbocycles. The van der Waals surface area contributed by atoms with Gasteiger partial charge in [0.1, 0.15) is 5.82 Å². The van der Waals surface area contributed by atoms with E-state index in [9.17, 15) is 4.79 Å². The average molecular weight is 287 g/mol.